The maximum absolute atomic E-state index is 12.2. The highest BCUT2D eigenvalue weighted by Crippen LogP contribution is 2.17. The molecule has 0 aliphatic heterocycles. The van der Waals surface area contributed by atoms with Crippen molar-refractivity contribution in [3.8, 4) is 0 Å². The predicted octanol–water partition coefficient (Wildman–Crippen LogP) is 2.55. The Morgan fingerprint density at radius 1 is 1.14 bits per heavy atom. The lowest BCUT2D eigenvalue weighted by atomic mass is 10.1. The molecule has 0 aliphatic carbocycles. The molecule has 0 unspecified atom stereocenters. The van der Waals surface area contributed by atoms with Crippen LogP contribution in [0.1, 0.15) is 32.2 Å². The minimum absolute atomic E-state index is 0.0703. The number of thiazole rings is 1. The summed E-state index contributed by atoms with van der Waals surface area (Å²) >= 11 is 1.24. The van der Waals surface area contributed by atoms with Crippen LogP contribution in [0.15, 0.2) is 52.5 Å². The number of benzene rings is 1. The highest BCUT2D eigenvalue weighted by Gasteiger charge is 2.13. The van der Waals surface area contributed by atoms with E-state index in [1.54, 1.807) is 43.7 Å². The van der Waals surface area contributed by atoms with E-state index >= 15 is 0 Å². The second-order valence-corrected chi connectivity index (χ2v) is 7.28. The number of furan rings is 1. The molecule has 0 spiro atoms. The van der Waals surface area contributed by atoms with Crippen LogP contribution in [-0.4, -0.2) is 41.7 Å². The smallest absolute Gasteiger partial charge is 0.293 e. The van der Waals surface area contributed by atoms with Crippen molar-refractivity contribution in [3.05, 3.63) is 70.6 Å². The zero-order chi connectivity index (χ0) is 20.8. The van der Waals surface area contributed by atoms with Crippen molar-refractivity contribution in [3.63, 3.8) is 0 Å². The average Bonchev–Trinajstić information content (AvgIpc) is 3.38. The van der Waals surface area contributed by atoms with Gasteiger partial charge in [-0.25, -0.2) is 4.98 Å². The number of aromatic nitrogens is 1. The maximum Gasteiger partial charge on any atom is 0.293 e. The summed E-state index contributed by atoms with van der Waals surface area (Å²) in [6, 6.07) is 10.3. The molecule has 3 rings (SSSR count). The van der Waals surface area contributed by atoms with Crippen molar-refractivity contribution in [2.24, 2.45) is 0 Å². The zero-order valence-electron chi connectivity index (χ0n) is 16.0. The van der Waals surface area contributed by atoms with Crippen LogP contribution in [-0.2, 0) is 17.8 Å². The molecule has 3 aromatic rings. The first-order valence-electron chi connectivity index (χ1n) is 8.79. The number of nitrogens with one attached hydrogen (secondary N) is 2. The molecular formula is C20H20N4O4S. The SMILES string of the molecule is CN(C)C(=O)c1ccc(CNC(=O)Cc2csc(NC(=O)c3ccco3)n2)cc1. The predicted molar refractivity (Wildman–Crippen MR) is 109 cm³/mol. The topological polar surface area (TPSA) is 105 Å². The summed E-state index contributed by atoms with van der Waals surface area (Å²) in [5.74, 6) is -0.457. The molecule has 0 radical (unpaired) electrons. The second kappa shape index (κ2) is 9.16. The monoisotopic (exact) mass is 412 g/mol. The number of rotatable bonds is 7. The van der Waals surface area contributed by atoms with E-state index in [0.717, 1.165) is 5.56 Å². The summed E-state index contributed by atoms with van der Waals surface area (Å²) in [6.45, 7) is 0.349. The number of hydrogen-bond donors (Lipinski definition) is 2. The summed E-state index contributed by atoms with van der Waals surface area (Å²) in [6.07, 6.45) is 1.52. The highest BCUT2D eigenvalue weighted by atomic mass is 32.1. The quantitative estimate of drug-likeness (QED) is 0.621. The van der Waals surface area contributed by atoms with Crippen molar-refractivity contribution in [2.45, 2.75) is 13.0 Å². The van der Waals surface area contributed by atoms with E-state index < -0.39 is 5.91 Å². The van der Waals surface area contributed by atoms with E-state index in [9.17, 15) is 14.4 Å². The fraction of sp³-hybridized carbons (Fsp3) is 0.200. The number of carbonyl (C=O) groups is 3. The van der Waals surface area contributed by atoms with Crippen LogP contribution in [0.5, 0.6) is 0 Å². The van der Waals surface area contributed by atoms with Gasteiger partial charge in [0, 0.05) is 31.6 Å². The van der Waals surface area contributed by atoms with E-state index in [4.69, 9.17) is 4.42 Å². The summed E-state index contributed by atoms with van der Waals surface area (Å²) in [4.78, 5) is 41.7. The molecule has 0 fully saturated rings. The highest BCUT2D eigenvalue weighted by molar-refractivity contribution is 7.14. The number of amides is 3. The van der Waals surface area contributed by atoms with Crippen molar-refractivity contribution >= 4 is 34.2 Å². The molecule has 1 aromatic carbocycles. The average molecular weight is 412 g/mol. The van der Waals surface area contributed by atoms with Gasteiger partial charge in [-0.2, -0.15) is 0 Å². The molecule has 150 valence electrons. The molecule has 2 heterocycles. The lowest BCUT2D eigenvalue weighted by Crippen LogP contribution is -2.25. The van der Waals surface area contributed by atoms with Crippen LogP contribution in [0.4, 0.5) is 5.13 Å². The lowest BCUT2D eigenvalue weighted by Gasteiger charge is -2.10. The molecule has 0 saturated carbocycles. The molecule has 2 aromatic heterocycles. The van der Waals surface area contributed by atoms with Gasteiger partial charge in [-0.15, -0.1) is 11.3 Å². The molecule has 0 bridgehead atoms. The van der Waals surface area contributed by atoms with E-state index in [0.29, 0.717) is 22.9 Å². The third-order valence-corrected chi connectivity index (χ3v) is 4.76. The Labute approximate surface area is 171 Å². The molecule has 0 saturated heterocycles. The van der Waals surface area contributed by atoms with Crippen LogP contribution in [0, 0.1) is 0 Å². The van der Waals surface area contributed by atoms with Gasteiger partial charge in [-0.05, 0) is 29.8 Å². The van der Waals surface area contributed by atoms with Gasteiger partial charge in [0.05, 0.1) is 18.4 Å². The second-order valence-electron chi connectivity index (χ2n) is 6.43. The Balaban J connectivity index is 1.48. The molecule has 29 heavy (non-hydrogen) atoms. The molecule has 8 nitrogen and oxygen atoms in total. The maximum atomic E-state index is 12.2. The van der Waals surface area contributed by atoms with Crippen LogP contribution in [0.25, 0.3) is 0 Å². The largest absolute Gasteiger partial charge is 0.459 e. The Morgan fingerprint density at radius 2 is 1.90 bits per heavy atom. The fourth-order valence-corrected chi connectivity index (χ4v) is 3.17. The fourth-order valence-electron chi connectivity index (χ4n) is 2.46. The number of hydrogen-bond acceptors (Lipinski definition) is 6. The van der Waals surface area contributed by atoms with Crippen molar-refractivity contribution in [1.82, 2.24) is 15.2 Å². The summed E-state index contributed by atoms with van der Waals surface area (Å²) in [5.41, 5.74) is 2.05. The first-order chi connectivity index (χ1) is 13.9. The zero-order valence-corrected chi connectivity index (χ0v) is 16.8. The van der Waals surface area contributed by atoms with Gasteiger partial charge in [-0.3, -0.25) is 19.7 Å². The van der Waals surface area contributed by atoms with Gasteiger partial charge >= 0.3 is 0 Å². The number of nitrogens with zero attached hydrogens (tertiary/aromatic N) is 2. The number of anilines is 1. The first-order valence-corrected chi connectivity index (χ1v) is 9.67. The van der Waals surface area contributed by atoms with Gasteiger partial charge in [0.1, 0.15) is 0 Å². The Morgan fingerprint density at radius 3 is 2.55 bits per heavy atom. The van der Waals surface area contributed by atoms with Gasteiger partial charge in [-0.1, -0.05) is 12.1 Å². The van der Waals surface area contributed by atoms with Crippen molar-refractivity contribution in [2.75, 3.05) is 19.4 Å². The van der Waals surface area contributed by atoms with E-state index in [-0.39, 0.29) is 24.0 Å². The van der Waals surface area contributed by atoms with Gasteiger partial charge in [0.15, 0.2) is 10.9 Å². The van der Waals surface area contributed by atoms with E-state index in [1.165, 1.54) is 22.5 Å². The van der Waals surface area contributed by atoms with Gasteiger partial charge < -0.3 is 14.6 Å². The summed E-state index contributed by atoms with van der Waals surface area (Å²) in [7, 11) is 3.39. The van der Waals surface area contributed by atoms with E-state index in [1.807, 2.05) is 12.1 Å². The van der Waals surface area contributed by atoms with Crippen LogP contribution in [0.3, 0.4) is 0 Å². The first kappa shape index (κ1) is 20.3. The molecule has 0 atom stereocenters. The van der Waals surface area contributed by atoms with Crippen molar-refractivity contribution in [1.29, 1.82) is 0 Å². The lowest BCUT2D eigenvalue weighted by molar-refractivity contribution is -0.120. The Kier molecular flexibility index (Phi) is 6.40. The Hall–Kier alpha value is -3.46. The summed E-state index contributed by atoms with van der Waals surface area (Å²) < 4.78 is 5.02. The van der Waals surface area contributed by atoms with Gasteiger partial charge in [0.25, 0.3) is 11.8 Å². The number of carbonyl (C=O) groups excluding carboxylic acids is 3. The molecule has 3 amide bonds. The van der Waals surface area contributed by atoms with Gasteiger partial charge in [0.2, 0.25) is 5.91 Å². The standard InChI is InChI=1S/C20H20N4O4S/c1-24(2)19(27)14-7-5-13(6-8-14)11-21-17(25)10-15-12-29-20(22-15)23-18(26)16-4-3-9-28-16/h3-9,12H,10-11H2,1-2H3,(H,21,25)(H,22,23,26). The normalized spacial score (nSPS) is 10.4. The minimum atomic E-state index is -0.392. The van der Waals surface area contributed by atoms with Crippen LogP contribution < -0.4 is 10.6 Å². The minimum Gasteiger partial charge on any atom is -0.459 e. The van der Waals surface area contributed by atoms with E-state index in [2.05, 4.69) is 15.6 Å². The Bertz CT molecular complexity index is 994. The third kappa shape index (κ3) is 5.52. The molecular weight excluding hydrogens is 392 g/mol. The van der Waals surface area contributed by atoms with Crippen molar-refractivity contribution < 1.29 is 18.8 Å². The molecule has 2 N–H and O–H groups in total. The molecule has 0 aliphatic rings. The summed E-state index contributed by atoms with van der Waals surface area (Å²) in [5, 5.41) is 7.57. The van der Waals surface area contributed by atoms with Crippen LogP contribution >= 0.6 is 11.3 Å². The third-order valence-electron chi connectivity index (χ3n) is 3.96. The molecule has 9 heteroatoms. The van der Waals surface area contributed by atoms with Crippen LogP contribution in [0.2, 0.25) is 0 Å².